The predicted octanol–water partition coefficient (Wildman–Crippen LogP) is 3.32. The van der Waals surface area contributed by atoms with Crippen molar-refractivity contribution in [2.24, 2.45) is 4.99 Å². The lowest BCUT2D eigenvalue weighted by atomic mass is 10.0. The highest BCUT2D eigenvalue weighted by molar-refractivity contribution is 6.30. The fourth-order valence-corrected chi connectivity index (χ4v) is 2.32. The smallest absolute Gasteiger partial charge is 0.252 e. The first-order valence-electron chi connectivity index (χ1n) is 7.18. The van der Waals surface area contributed by atoms with E-state index in [0.29, 0.717) is 23.9 Å². The molecule has 118 valence electrons. The zero-order valence-corrected chi connectivity index (χ0v) is 14.2. The van der Waals surface area contributed by atoms with Crippen LogP contribution >= 0.6 is 11.6 Å². The van der Waals surface area contributed by atoms with E-state index >= 15 is 0 Å². The van der Waals surface area contributed by atoms with E-state index < -0.39 is 0 Å². The van der Waals surface area contributed by atoms with Gasteiger partial charge in [-0.15, -0.1) is 0 Å². The highest BCUT2D eigenvalue weighted by atomic mass is 35.5. The second-order valence-electron chi connectivity index (χ2n) is 5.41. The summed E-state index contributed by atoms with van der Waals surface area (Å²) in [6, 6.07) is 10.1. The molecular formula is C17H18ClN5. The largest absolute Gasteiger partial charge is 0.369 e. The molecule has 0 aliphatic heterocycles. The molecule has 0 aliphatic carbocycles. The zero-order chi connectivity index (χ0) is 16.8. The van der Waals surface area contributed by atoms with Gasteiger partial charge in [0.2, 0.25) is 0 Å². The molecule has 2 rings (SSSR count). The van der Waals surface area contributed by atoms with Gasteiger partial charge in [-0.25, -0.2) is 9.98 Å². The lowest BCUT2D eigenvalue weighted by Crippen LogP contribution is -2.07. The van der Waals surface area contributed by atoms with E-state index in [1.165, 1.54) is 0 Å². The number of halogens is 1. The van der Waals surface area contributed by atoms with Gasteiger partial charge in [0.25, 0.3) is 5.95 Å². The Bertz CT molecular complexity index is 722. The lowest BCUT2D eigenvalue weighted by molar-refractivity contribution is 0.642. The molecule has 1 heterocycles. The molecule has 1 aromatic carbocycles. The third-order valence-electron chi connectivity index (χ3n) is 3.24. The summed E-state index contributed by atoms with van der Waals surface area (Å²) in [5, 5.41) is 9.12. The van der Waals surface area contributed by atoms with Crippen LogP contribution in [0, 0.1) is 18.3 Å². The van der Waals surface area contributed by atoms with E-state index in [1.54, 1.807) is 6.34 Å². The quantitative estimate of drug-likeness (QED) is 0.480. The summed E-state index contributed by atoms with van der Waals surface area (Å²) < 4.78 is 0. The molecule has 6 heteroatoms. The Labute approximate surface area is 141 Å². The van der Waals surface area contributed by atoms with Gasteiger partial charge in [-0.1, -0.05) is 35.9 Å². The van der Waals surface area contributed by atoms with Crippen molar-refractivity contribution in [3.63, 3.8) is 0 Å². The van der Waals surface area contributed by atoms with Crippen molar-refractivity contribution >= 4 is 23.9 Å². The first kappa shape index (κ1) is 16.9. The Kier molecular flexibility index (Phi) is 5.67. The van der Waals surface area contributed by atoms with E-state index in [2.05, 4.69) is 21.0 Å². The van der Waals surface area contributed by atoms with Crippen molar-refractivity contribution in [1.82, 2.24) is 14.9 Å². The molecule has 5 nitrogen and oxygen atoms in total. The second kappa shape index (κ2) is 7.70. The molecule has 0 radical (unpaired) electrons. The van der Waals surface area contributed by atoms with E-state index in [9.17, 15) is 0 Å². The van der Waals surface area contributed by atoms with E-state index in [0.717, 1.165) is 22.4 Å². The predicted molar refractivity (Wildman–Crippen MR) is 92.2 cm³/mol. The fraction of sp³-hybridized carbons (Fsp3) is 0.294. The minimum Gasteiger partial charge on any atom is -0.369 e. The molecule has 0 fully saturated rings. The Morgan fingerprint density at radius 2 is 1.87 bits per heavy atom. The van der Waals surface area contributed by atoms with Crippen molar-refractivity contribution in [1.29, 1.82) is 5.26 Å². The minimum atomic E-state index is 0.356. The molecular weight excluding hydrogens is 310 g/mol. The molecule has 0 aliphatic rings. The minimum absolute atomic E-state index is 0.356. The summed E-state index contributed by atoms with van der Waals surface area (Å²) in [6.07, 6.45) is 2.70. The molecule has 0 saturated heterocycles. The molecule has 23 heavy (non-hydrogen) atoms. The van der Waals surface area contributed by atoms with Crippen molar-refractivity contribution in [3.05, 3.63) is 51.8 Å². The number of rotatable bonds is 5. The number of nitrogens with zero attached hydrogens (tertiary/aromatic N) is 5. The van der Waals surface area contributed by atoms with Gasteiger partial charge in [0.15, 0.2) is 0 Å². The van der Waals surface area contributed by atoms with E-state index in [4.69, 9.17) is 16.9 Å². The molecule has 0 atom stereocenters. The van der Waals surface area contributed by atoms with Gasteiger partial charge in [0.1, 0.15) is 5.15 Å². The van der Waals surface area contributed by atoms with Gasteiger partial charge < -0.3 is 4.90 Å². The van der Waals surface area contributed by atoms with Crippen molar-refractivity contribution in [2.45, 2.75) is 19.8 Å². The monoisotopic (exact) mass is 327 g/mol. The summed E-state index contributed by atoms with van der Waals surface area (Å²) in [7, 11) is 3.75. The first-order chi connectivity index (χ1) is 11.0. The molecule has 0 N–H and O–H groups in total. The van der Waals surface area contributed by atoms with E-state index in [-0.39, 0.29) is 0 Å². The Hall–Kier alpha value is -2.45. The van der Waals surface area contributed by atoms with Gasteiger partial charge in [-0.3, -0.25) is 0 Å². The number of aromatic nitrogens is 2. The molecule has 0 saturated carbocycles. The number of aliphatic imine (C=N–C) groups is 1. The van der Waals surface area contributed by atoms with Crippen LogP contribution < -0.4 is 0 Å². The molecule has 0 amide bonds. The van der Waals surface area contributed by atoms with E-state index in [1.807, 2.05) is 50.2 Å². The van der Waals surface area contributed by atoms with Gasteiger partial charge in [0.05, 0.1) is 18.8 Å². The Balaban J connectivity index is 2.21. The maximum absolute atomic E-state index is 8.70. The normalized spacial score (nSPS) is 10.7. The molecule has 1 aromatic heterocycles. The van der Waals surface area contributed by atoms with Gasteiger partial charge in [-0.05, 0) is 18.1 Å². The van der Waals surface area contributed by atoms with Crippen LogP contribution in [0.1, 0.15) is 22.4 Å². The van der Waals surface area contributed by atoms with Crippen LogP contribution in [0.5, 0.6) is 0 Å². The van der Waals surface area contributed by atoms with Crippen molar-refractivity contribution < 1.29 is 0 Å². The Morgan fingerprint density at radius 3 is 2.43 bits per heavy atom. The van der Waals surface area contributed by atoms with Crippen LogP contribution in [0.15, 0.2) is 29.3 Å². The van der Waals surface area contributed by atoms with Gasteiger partial charge in [0, 0.05) is 31.8 Å². The summed E-state index contributed by atoms with van der Waals surface area (Å²) in [5.74, 6) is 0.356. The third-order valence-corrected chi connectivity index (χ3v) is 3.56. The maximum Gasteiger partial charge on any atom is 0.252 e. The summed E-state index contributed by atoms with van der Waals surface area (Å²) in [6.45, 7) is 1.90. The van der Waals surface area contributed by atoms with Gasteiger partial charge in [-0.2, -0.15) is 10.2 Å². The van der Waals surface area contributed by atoms with Crippen LogP contribution in [-0.4, -0.2) is 35.3 Å². The first-order valence-corrected chi connectivity index (χ1v) is 7.55. The number of benzene rings is 1. The molecule has 0 unspecified atom stereocenters. The number of hydrogen-bond acceptors (Lipinski definition) is 4. The number of hydrogen-bond donors (Lipinski definition) is 0. The van der Waals surface area contributed by atoms with Crippen molar-refractivity contribution in [3.8, 4) is 6.07 Å². The zero-order valence-electron chi connectivity index (χ0n) is 13.4. The van der Waals surface area contributed by atoms with Crippen LogP contribution in [0.4, 0.5) is 5.95 Å². The highest BCUT2D eigenvalue weighted by Crippen LogP contribution is 2.23. The fourth-order valence-electron chi connectivity index (χ4n) is 2.04. The maximum atomic E-state index is 8.70. The van der Waals surface area contributed by atoms with Crippen LogP contribution in [-0.2, 0) is 12.8 Å². The molecule has 0 spiro atoms. The van der Waals surface area contributed by atoms with Crippen LogP contribution in [0.25, 0.3) is 0 Å². The molecule has 2 aromatic rings. The molecule has 0 bridgehead atoms. The number of nitriles is 1. The standard InChI is InChI=1S/C17H18ClN5/c1-12-15(10-14-6-4-13(5-7-14)8-9-19)16(18)22-17(21-12)20-11-23(2)3/h4-7,11H,8,10H2,1-3H3/b20-11+. The van der Waals surface area contributed by atoms with Gasteiger partial charge >= 0.3 is 0 Å². The van der Waals surface area contributed by atoms with Crippen molar-refractivity contribution in [2.75, 3.05) is 14.1 Å². The Morgan fingerprint density at radius 1 is 1.22 bits per heavy atom. The second-order valence-corrected chi connectivity index (χ2v) is 5.77. The average Bonchev–Trinajstić information content (AvgIpc) is 2.51. The third kappa shape index (κ3) is 4.76. The summed E-state index contributed by atoms with van der Waals surface area (Å²) >= 11 is 6.30. The SMILES string of the molecule is Cc1nc(/N=C/N(C)C)nc(Cl)c1Cc1ccc(CC#N)cc1. The average molecular weight is 328 g/mol. The summed E-state index contributed by atoms with van der Waals surface area (Å²) in [5.41, 5.74) is 3.81. The van der Waals surface area contributed by atoms with Crippen LogP contribution in [0.2, 0.25) is 5.15 Å². The topological polar surface area (TPSA) is 65.2 Å². The number of aryl methyl sites for hydroxylation is 1. The summed E-state index contributed by atoms with van der Waals surface area (Å²) in [4.78, 5) is 14.6. The lowest BCUT2D eigenvalue weighted by Gasteiger charge is -2.09. The van der Waals surface area contributed by atoms with Crippen LogP contribution in [0.3, 0.4) is 0 Å². The highest BCUT2D eigenvalue weighted by Gasteiger charge is 2.10.